The molecule has 7 atom stereocenters. The molecule has 1 spiro atoms. The van der Waals surface area contributed by atoms with Crippen molar-refractivity contribution in [3.05, 3.63) is 35.1 Å². The van der Waals surface area contributed by atoms with Crippen molar-refractivity contribution >= 4 is 29.8 Å². The SMILES string of the molecule is COc1ccc2c3c1O[C@H]1C(OC(=O)[C@@H](O)CC(=O)O[C@@H](C)C(=O)N[C@H](CC(=O)O)C(=O)O)=CC[C@@]4(O)[C@@H](C2)N(C)CC[C@]314. The highest BCUT2D eigenvalue weighted by Crippen LogP contribution is 2.65. The Bertz CT molecular complexity index is 1440. The molecule has 5 N–H and O–H groups in total. The van der Waals surface area contributed by atoms with Gasteiger partial charge >= 0.3 is 23.9 Å². The third-order valence-corrected chi connectivity index (χ3v) is 9.08. The van der Waals surface area contributed by atoms with Gasteiger partial charge in [-0.3, -0.25) is 14.4 Å². The zero-order valence-corrected chi connectivity index (χ0v) is 24.3. The van der Waals surface area contributed by atoms with Crippen LogP contribution in [0.2, 0.25) is 0 Å². The number of hydrogen-bond acceptors (Lipinski definition) is 12. The average molecular weight is 619 g/mol. The van der Waals surface area contributed by atoms with Crippen LogP contribution in [0.25, 0.3) is 0 Å². The number of nitrogens with zero attached hydrogens (tertiary/aromatic N) is 1. The maximum Gasteiger partial charge on any atom is 0.340 e. The maximum atomic E-state index is 13.0. The summed E-state index contributed by atoms with van der Waals surface area (Å²) in [6.07, 6.45) is -3.48. The van der Waals surface area contributed by atoms with Gasteiger partial charge in [-0.1, -0.05) is 6.07 Å². The monoisotopic (exact) mass is 618 g/mol. The summed E-state index contributed by atoms with van der Waals surface area (Å²) < 4.78 is 22.4. The van der Waals surface area contributed by atoms with Gasteiger partial charge in [0, 0.05) is 18.0 Å². The van der Waals surface area contributed by atoms with Crippen molar-refractivity contribution in [2.24, 2.45) is 0 Å². The number of rotatable bonds is 11. The Morgan fingerprint density at radius 3 is 2.57 bits per heavy atom. The van der Waals surface area contributed by atoms with Gasteiger partial charge in [-0.2, -0.15) is 0 Å². The first kappa shape index (κ1) is 31.2. The lowest BCUT2D eigenvalue weighted by Crippen LogP contribution is -2.74. The Morgan fingerprint density at radius 2 is 1.91 bits per heavy atom. The van der Waals surface area contributed by atoms with Gasteiger partial charge in [-0.05, 0) is 51.1 Å². The molecule has 1 saturated heterocycles. The van der Waals surface area contributed by atoms with Crippen LogP contribution in [0.4, 0.5) is 0 Å². The van der Waals surface area contributed by atoms with E-state index >= 15 is 0 Å². The second kappa shape index (κ2) is 11.4. The van der Waals surface area contributed by atoms with E-state index in [2.05, 4.69) is 4.90 Å². The Kier molecular flexibility index (Phi) is 8.07. The van der Waals surface area contributed by atoms with Crippen LogP contribution in [-0.4, -0.2) is 112 Å². The van der Waals surface area contributed by atoms with Crippen LogP contribution < -0.4 is 14.8 Å². The third kappa shape index (κ3) is 4.94. The number of esters is 2. The summed E-state index contributed by atoms with van der Waals surface area (Å²) >= 11 is 0. The molecule has 2 aliphatic heterocycles. The predicted molar refractivity (Wildman–Crippen MR) is 146 cm³/mol. The standard InChI is InChI=1S/C29H34N2O13/c1-13(25(36)30-15(26(37)38)11-20(33)34)42-21(35)12-16(32)27(39)43-18-6-7-29(40)19-10-14-4-5-17(41-3)23-22(14)28(29,24(18)44-23)8-9-31(19)2/h4-6,13,15-16,19,24,32,40H,7-12H2,1-3H3,(H,30,36)(H,33,34)(H,37,38)/t13-,15+,16-,19+,24-,28-,29+/m0/s1. The van der Waals surface area contributed by atoms with Crippen molar-refractivity contribution < 1.29 is 63.3 Å². The highest BCUT2D eigenvalue weighted by atomic mass is 16.6. The summed E-state index contributed by atoms with van der Waals surface area (Å²) in [7, 11) is 3.46. The topological polar surface area (TPSA) is 218 Å². The minimum absolute atomic E-state index is 0.0763. The fourth-order valence-electron chi connectivity index (χ4n) is 6.98. The van der Waals surface area contributed by atoms with Crippen LogP contribution in [0, 0.1) is 0 Å². The molecule has 0 unspecified atom stereocenters. The quantitative estimate of drug-likeness (QED) is 0.193. The van der Waals surface area contributed by atoms with Gasteiger partial charge < -0.3 is 49.6 Å². The zero-order valence-electron chi connectivity index (χ0n) is 24.3. The van der Waals surface area contributed by atoms with E-state index in [4.69, 9.17) is 29.2 Å². The molecule has 4 aliphatic rings. The van der Waals surface area contributed by atoms with E-state index in [0.29, 0.717) is 30.9 Å². The van der Waals surface area contributed by atoms with Gasteiger partial charge in [0.05, 0.1) is 31.0 Å². The first-order valence-electron chi connectivity index (χ1n) is 14.1. The van der Waals surface area contributed by atoms with Crippen LogP contribution in [0.15, 0.2) is 24.0 Å². The van der Waals surface area contributed by atoms with Gasteiger partial charge in [-0.15, -0.1) is 0 Å². The number of methoxy groups -OCH3 is 1. The fraction of sp³-hybridized carbons (Fsp3) is 0.552. The Balaban J connectivity index is 1.28. The van der Waals surface area contributed by atoms with Gasteiger partial charge in [-0.25, -0.2) is 9.59 Å². The van der Waals surface area contributed by atoms with Crippen LogP contribution in [0.5, 0.6) is 11.5 Å². The molecule has 1 amide bonds. The number of carboxylic acid groups (broad SMARTS) is 2. The van der Waals surface area contributed by atoms with Crippen LogP contribution in [0.1, 0.15) is 43.7 Å². The lowest BCUT2D eigenvalue weighted by atomic mass is 9.50. The Labute approximate surface area is 251 Å². The highest BCUT2D eigenvalue weighted by Gasteiger charge is 2.72. The zero-order chi connectivity index (χ0) is 32.1. The van der Waals surface area contributed by atoms with E-state index in [0.717, 1.165) is 18.1 Å². The van der Waals surface area contributed by atoms with Crippen molar-refractivity contribution in [2.45, 2.75) is 80.4 Å². The molecule has 5 rings (SSSR count). The molecule has 0 saturated carbocycles. The minimum Gasteiger partial charge on any atom is -0.493 e. The largest absolute Gasteiger partial charge is 0.493 e. The number of likely N-dealkylation sites (tertiary alicyclic amines) is 1. The van der Waals surface area contributed by atoms with Crippen molar-refractivity contribution in [2.75, 3.05) is 20.7 Å². The van der Waals surface area contributed by atoms with Gasteiger partial charge in [0.1, 0.15) is 11.8 Å². The van der Waals surface area contributed by atoms with Crippen molar-refractivity contribution in [1.82, 2.24) is 10.2 Å². The molecule has 0 radical (unpaired) electrons. The van der Waals surface area contributed by atoms with Crippen LogP contribution in [0.3, 0.4) is 0 Å². The number of ether oxygens (including phenoxy) is 4. The number of aliphatic hydroxyl groups excluding tert-OH is 1. The normalized spacial score (nSPS) is 28.2. The predicted octanol–water partition coefficient (Wildman–Crippen LogP) is -0.757. The van der Waals surface area contributed by atoms with E-state index < -0.39 is 78.0 Å². The van der Waals surface area contributed by atoms with Crippen molar-refractivity contribution in [3.8, 4) is 11.5 Å². The number of carbonyl (C=O) groups excluding carboxylic acids is 3. The Hall–Kier alpha value is -4.21. The Morgan fingerprint density at radius 1 is 1.18 bits per heavy atom. The summed E-state index contributed by atoms with van der Waals surface area (Å²) in [5, 5.41) is 42.6. The second-order valence-corrected chi connectivity index (χ2v) is 11.6. The van der Waals surface area contributed by atoms with Gasteiger partial charge in [0.2, 0.25) is 0 Å². The number of piperidine rings is 1. The lowest BCUT2D eigenvalue weighted by Gasteiger charge is -2.61. The molecule has 15 heteroatoms. The first-order chi connectivity index (χ1) is 20.7. The molecule has 44 heavy (non-hydrogen) atoms. The highest BCUT2D eigenvalue weighted by molar-refractivity contribution is 5.90. The molecule has 2 heterocycles. The fourth-order valence-corrected chi connectivity index (χ4v) is 6.98. The number of carboxylic acids is 2. The van der Waals surface area contributed by atoms with Crippen molar-refractivity contribution in [1.29, 1.82) is 0 Å². The third-order valence-electron chi connectivity index (χ3n) is 9.08. The molecule has 238 valence electrons. The van der Waals surface area contributed by atoms with E-state index in [9.17, 15) is 34.2 Å². The molecule has 1 aromatic carbocycles. The van der Waals surface area contributed by atoms with Crippen LogP contribution in [-0.2, 0) is 45.3 Å². The lowest BCUT2D eigenvalue weighted by molar-refractivity contribution is -0.173. The summed E-state index contributed by atoms with van der Waals surface area (Å²) in [5.41, 5.74) is -0.377. The number of carbonyl (C=O) groups is 5. The van der Waals surface area contributed by atoms with E-state index in [1.54, 1.807) is 12.1 Å². The molecular weight excluding hydrogens is 584 g/mol. The second-order valence-electron chi connectivity index (χ2n) is 11.6. The number of amides is 1. The molecular formula is C29H34N2O13. The molecule has 0 aromatic heterocycles. The summed E-state index contributed by atoms with van der Waals surface area (Å²) in [5.74, 6) is -5.50. The van der Waals surface area contributed by atoms with E-state index in [1.807, 2.05) is 18.4 Å². The van der Waals surface area contributed by atoms with E-state index in [1.165, 1.54) is 7.11 Å². The molecule has 2 aliphatic carbocycles. The van der Waals surface area contributed by atoms with Gasteiger partial charge in [0.25, 0.3) is 5.91 Å². The number of likely N-dealkylation sites (N-methyl/N-ethyl adjacent to an activating group) is 1. The van der Waals surface area contributed by atoms with Crippen molar-refractivity contribution in [3.63, 3.8) is 0 Å². The van der Waals surface area contributed by atoms with Crippen LogP contribution >= 0.6 is 0 Å². The minimum atomic E-state index is -2.00. The number of hydrogen-bond donors (Lipinski definition) is 5. The summed E-state index contributed by atoms with van der Waals surface area (Å²) in [6, 6.07) is 1.76. The number of aliphatic carboxylic acids is 2. The molecule has 1 fully saturated rings. The average Bonchev–Trinajstić information content (AvgIpc) is 3.31. The maximum absolute atomic E-state index is 13.0. The molecule has 2 bridgehead atoms. The molecule has 1 aromatic rings. The summed E-state index contributed by atoms with van der Waals surface area (Å²) in [6.45, 7) is 1.76. The van der Waals surface area contributed by atoms with E-state index in [-0.39, 0.29) is 18.2 Å². The summed E-state index contributed by atoms with van der Waals surface area (Å²) in [4.78, 5) is 61.7. The smallest absolute Gasteiger partial charge is 0.340 e. The first-order valence-corrected chi connectivity index (χ1v) is 14.1. The van der Waals surface area contributed by atoms with Gasteiger partial charge in [0.15, 0.2) is 29.8 Å². The molecule has 15 nitrogen and oxygen atoms in total. The number of benzene rings is 1. The number of aliphatic hydroxyl groups is 2. The number of nitrogens with one attached hydrogen (secondary N) is 1.